The normalized spacial score (nSPS) is 10.6. The summed E-state index contributed by atoms with van der Waals surface area (Å²) in [6.45, 7) is 0. The Kier molecular flexibility index (Phi) is 4.00. The van der Waals surface area contributed by atoms with Crippen molar-refractivity contribution in [3.05, 3.63) is 79.2 Å². The first kappa shape index (κ1) is 15.7. The summed E-state index contributed by atoms with van der Waals surface area (Å²) in [5, 5.41) is 0. The van der Waals surface area contributed by atoms with Gasteiger partial charge in [-0.2, -0.15) is 0 Å². The molecule has 0 saturated heterocycles. The van der Waals surface area contributed by atoms with E-state index in [1.54, 1.807) is 48.5 Å². The number of methoxy groups -OCH3 is 2. The molecule has 120 valence electrons. The van der Waals surface area contributed by atoms with E-state index in [0.29, 0.717) is 22.6 Å². The van der Waals surface area contributed by atoms with E-state index in [2.05, 4.69) is 0 Å². The molecule has 5 heteroatoms. The summed E-state index contributed by atoms with van der Waals surface area (Å²) >= 11 is 0. The summed E-state index contributed by atoms with van der Waals surface area (Å²) in [6.07, 6.45) is 0. The summed E-state index contributed by atoms with van der Waals surface area (Å²) in [6, 6.07) is 13.3. The molecule has 3 aromatic rings. The second-order valence-corrected chi connectivity index (χ2v) is 5.19. The van der Waals surface area contributed by atoms with Crippen molar-refractivity contribution < 1.29 is 9.47 Å². The second-order valence-electron chi connectivity index (χ2n) is 5.19. The highest BCUT2D eigenvalue weighted by atomic mass is 16.5. The van der Waals surface area contributed by atoms with Gasteiger partial charge < -0.3 is 9.47 Å². The number of ether oxygens (including phenoxy) is 2. The van der Waals surface area contributed by atoms with Crippen LogP contribution in [0, 0.1) is 0 Å². The van der Waals surface area contributed by atoms with E-state index < -0.39 is 16.3 Å². The van der Waals surface area contributed by atoms with Crippen molar-refractivity contribution >= 4 is 0 Å². The molecule has 0 atom stereocenters. The van der Waals surface area contributed by atoms with Crippen molar-refractivity contribution in [1.29, 1.82) is 0 Å². The summed E-state index contributed by atoms with van der Waals surface area (Å²) < 4.78 is 10.2. The fraction of sp³-hybridized carbons (Fsp3) is 0.105. The van der Waals surface area contributed by atoms with Gasteiger partial charge in [0.05, 0.1) is 14.2 Å². The van der Waals surface area contributed by atoms with E-state index in [-0.39, 0.29) is 11.1 Å². The van der Waals surface area contributed by atoms with Crippen LogP contribution < -0.4 is 25.8 Å². The smallest absolute Gasteiger partial charge is 0.274 e. The molecule has 5 nitrogen and oxygen atoms in total. The Morgan fingerprint density at radius 3 is 1.17 bits per heavy atom. The molecule has 0 saturated carbocycles. The quantitative estimate of drug-likeness (QED) is 0.687. The van der Waals surface area contributed by atoms with Crippen LogP contribution in [0.4, 0.5) is 0 Å². The van der Waals surface area contributed by atoms with E-state index in [1.165, 1.54) is 14.2 Å². The molecule has 24 heavy (non-hydrogen) atoms. The van der Waals surface area contributed by atoms with Crippen LogP contribution in [0.15, 0.2) is 62.9 Å². The lowest BCUT2D eigenvalue weighted by Crippen LogP contribution is -2.30. The highest BCUT2D eigenvalue weighted by molar-refractivity contribution is 5.84. The first-order chi connectivity index (χ1) is 11.6. The van der Waals surface area contributed by atoms with Crippen LogP contribution in [0.1, 0.15) is 0 Å². The molecule has 0 aliphatic heterocycles. The predicted molar refractivity (Wildman–Crippen MR) is 91.6 cm³/mol. The van der Waals surface area contributed by atoms with Gasteiger partial charge in [0, 0.05) is 11.1 Å². The monoisotopic (exact) mass is 322 g/mol. The Balaban J connectivity index is 2.25. The number of hydrogen-bond donors (Lipinski definition) is 0. The van der Waals surface area contributed by atoms with Crippen molar-refractivity contribution in [2.45, 2.75) is 0 Å². The number of benzene rings is 2. The Bertz CT molecular complexity index is 926. The SMILES string of the molecule is COc1ccc(-c2c(-c3ccc(OC)cc3)c(=O)c(=O)c2=O)cc1. The zero-order valence-electron chi connectivity index (χ0n) is 13.2. The summed E-state index contributed by atoms with van der Waals surface area (Å²) in [5.41, 5.74) is -1.31. The topological polar surface area (TPSA) is 69.7 Å². The van der Waals surface area contributed by atoms with Gasteiger partial charge in [-0.15, -0.1) is 0 Å². The van der Waals surface area contributed by atoms with Crippen LogP contribution in [0.5, 0.6) is 11.5 Å². The molecule has 0 N–H and O–H groups in total. The Labute approximate surface area is 137 Å². The third-order valence-corrected chi connectivity index (χ3v) is 3.87. The molecule has 0 aromatic heterocycles. The maximum atomic E-state index is 12.3. The highest BCUT2D eigenvalue weighted by Crippen LogP contribution is 2.28. The lowest BCUT2D eigenvalue weighted by atomic mass is 9.98. The van der Waals surface area contributed by atoms with Crippen molar-refractivity contribution in [2.24, 2.45) is 0 Å². The average molecular weight is 322 g/mol. The molecular weight excluding hydrogens is 308 g/mol. The molecule has 3 rings (SSSR count). The Hall–Kier alpha value is -3.21. The van der Waals surface area contributed by atoms with E-state index in [4.69, 9.17) is 9.47 Å². The third kappa shape index (κ3) is 2.50. The summed E-state index contributed by atoms with van der Waals surface area (Å²) in [5.74, 6) is 1.24. The van der Waals surface area contributed by atoms with Crippen LogP contribution in [0.3, 0.4) is 0 Å². The molecule has 0 radical (unpaired) electrons. The van der Waals surface area contributed by atoms with Gasteiger partial charge in [0.15, 0.2) is 0 Å². The third-order valence-electron chi connectivity index (χ3n) is 3.87. The van der Waals surface area contributed by atoms with Gasteiger partial charge in [-0.1, -0.05) is 24.3 Å². The minimum atomic E-state index is -1.01. The summed E-state index contributed by atoms with van der Waals surface area (Å²) in [7, 11) is 3.07. The first-order valence-electron chi connectivity index (χ1n) is 7.23. The molecule has 3 aromatic carbocycles. The van der Waals surface area contributed by atoms with Crippen LogP contribution in [0.25, 0.3) is 22.3 Å². The van der Waals surface area contributed by atoms with E-state index in [1.807, 2.05) is 0 Å². The van der Waals surface area contributed by atoms with Crippen LogP contribution >= 0.6 is 0 Å². The molecule has 0 spiro atoms. The van der Waals surface area contributed by atoms with Crippen molar-refractivity contribution in [2.75, 3.05) is 14.2 Å². The number of hydrogen-bond acceptors (Lipinski definition) is 5. The fourth-order valence-corrected chi connectivity index (χ4v) is 2.62. The average Bonchev–Trinajstić information content (AvgIpc) is 2.86. The van der Waals surface area contributed by atoms with E-state index in [9.17, 15) is 14.4 Å². The molecule has 0 unspecified atom stereocenters. The van der Waals surface area contributed by atoms with Crippen molar-refractivity contribution in [3.63, 3.8) is 0 Å². The zero-order valence-corrected chi connectivity index (χ0v) is 13.2. The minimum absolute atomic E-state index is 0.123. The van der Waals surface area contributed by atoms with E-state index in [0.717, 1.165) is 0 Å². The zero-order chi connectivity index (χ0) is 17.3. The summed E-state index contributed by atoms with van der Waals surface area (Å²) in [4.78, 5) is 36.5. The van der Waals surface area contributed by atoms with Gasteiger partial charge in [0.2, 0.25) is 10.9 Å². The lowest BCUT2D eigenvalue weighted by Gasteiger charge is -2.06. The van der Waals surface area contributed by atoms with Gasteiger partial charge in [-0.3, -0.25) is 14.4 Å². The van der Waals surface area contributed by atoms with Gasteiger partial charge in [0.25, 0.3) is 5.43 Å². The first-order valence-corrected chi connectivity index (χ1v) is 7.23. The number of rotatable bonds is 4. The fourth-order valence-electron chi connectivity index (χ4n) is 2.62. The van der Waals surface area contributed by atoms with Crippen LogP contribution in [0.2, 0.25) is 0 Å². The molecule has 0 aliphatic rings. The predicted octanol–water partition coefficient (Wildman–Crippen LogP) is 1.99. The van der Waals surface area contributed by atoms with Crippen LogP contribution in [-0.4, -0.2) is 14.2 Å². The molecular formula is C19H14O5. The molecule has 0 amide bonds. The highest BCUT2D eigenvalue weighted by Gasteiger charge is 2.22. The standard InChI is InChI=1S/C19H14O5/c1-23-13-7-3-11(4-8-13)15-16(18(21)19(22)17(15)20)12-5-9-14(24-2)10-6-12/h3-10H,1-2H3. The molecule has 0 aliphatic carbocycles. The van der Waals surface area contributed by atoms with E-state index >= 15 is 0 Å². The van der Waals surface area contributed by atoms with Gasteiger partial charge in [-0.05, 0) is 35.4 Å². The Morgan fingerprint density at radius 1 is 0.542 bits per heavy atom. The largest absolute Gasteiger partial charge is 0.497 e. The minimum Gasteiger partial charge on any atom is -0.497 e. The molecule has 0 heterocycles. The second kappa shape index (κ2) is 6.12. The van der Waals surface area contributed by atoms with Crippen LogP contribution in [-0.2, 0) is 0 Å². The maximum absolute atomic E-state index is 12.3. The van der Waals surface area contributed by atoms with Gasteiger partial charge in [0.1, 0.15) is 11.5 Å². The Morgan fingerprint density at radius 2 is 0.875 bits per heavy atom. The lowest BCUT2D eigenvalue weighted by molar-refractivity contribution is 0.414. The molecule has 0 fully saturated rings. The van der Waals surface area contributed by atoms with Gasteiger partial charge >= 0.3 is 0 Å². The van der Waals surface area contributed by atoms with Gasteiger partial charge in [-0.25, -0.2) is 0 Å². The molecule has 0 bridgehead atoms. The van der Waals surface area contributed by atoms with Crippen molar-refractivity contribution in [3.8, 4) is 33.8 Å². The van der Waals surface area contributed by atoms with Crippen molar-refractivity contribution in [1.82, 2.24) is 0 Å². The maximum Gasteiger partial charge on any atom is 0.274 e.